The molecule has 1 aliphatic carbocycles. The molecule has 0 radical (unpaired) electrons. The van der Waals surface area contributed by atoms with Crippen molar-refractivity contribution in [3.63, 3.8) is 0 Å². The van der Waals surface area contributed by atoms with Crippen LogP contribution in [-0.4, -0.2) is 48.0 Å². The first-order chi connectivity index (χ1) is 12.2. The lowest BCUT2D eigenvalue weighted by Gasteiger charge is -2.29. The minimum Gasteiger partial charge on any atom is -0.362 e. The SMILES string of the molecule is CN(C(=O)COCC(=O)NCc1cccnc1)C1CCCCCCC1. The Morgan fingerprint density at radius 3 is 2.60 bits per heavy atom. The summed E-state index contributed by atoms with van der Waals surface area (Å²) >= 11 is 0. The largest absolute Gasteiger partial charge is 0.362 e. The van der Waals surface area contributed by atoms with E-state index in [0.717, 1.165) is 18.4 Å². The predicted octanol–water partition coefficient (Wildman–Crippen LogP) is 2.29. The van der Waals surface area contributed by atoms with Gasteiger partial charge in [-0.3, -0.25) is 14.6 Å². The summed E-state index contributed by atoms with van der Waals surface area (Å²) in [6.45, 7) is 0.254. The monoisotopic (exact) mass is 347 g/mol. The molecule has 1 fully saturated rings. The molecule has 0 aliphatic heterocycles. The van der Waals surface area contributed by atoms with Gasteiger partial charge >= 0.3 is 0 Å². The highest BCUT2D eigenvalue weighted by molar-refractivity contribution is 5.79. The van der Waals surface area contributed by atoms with Gasteiger partial charge in [-0.1, -0.05) is 38.2 Å². The maximum Gasteiger partial charge on any atom is 0.248 e. The highest BCUT2D eigenvalue weighted by atomic mass is 16.5. The number of nitrogens with one attached hydrogen (secondary N) is 1. The van der Waals surface area contributed by atoms with Crippen molar-refractivity contribution in [2.24, 2.45) is 0 Å². The summed E-state index contributed by atoms with van der Waals surface area (Å²) in [7, 11) is 1.85. The van der Waals surface area contributed by atoms with E-state index in [0.29, 0.717) is 12.6 Å². The van der Waals surface area contributed by atoms with Gasteiger partial charge in [0.25, 0.3) is 0 Å². The Morgan fingerprint density at radius 1 is 1.20 bits per heavy atom. The highest BCUT2D eigenvalue weighted by Gasteiger charge is 2.20. The molecule has 1 aromatic rings. The van der Waals surface area contributed by atoms with Crippen molar-refractivity contribution < 1.29 is 14.3 Å². The molecule has 1 aliphatic rings. The standard InChI is InChI=1S/C19H29N3O3/c1-22(17-9-5-3-2-4-6-10-17)19(24)15-25-14-18(23)21-13-16-8-7-11-20-12-16/h7-8,11-12,17H,2-6,9-10,13-15H2,1H3,(H,21,23). The van der Waals surface area contributed by atoms with Gasteiger partial charge in [0, 0.05) is 32.0 Å². The topological polar surface area (TPSA) is 71.5 Å². The maximum absolute atomic E-state index is 12.3. The second-order valence-corrected chi connectivity index (χ2v) is 6.63. The lowest BCUT2D eigenvalue weighted by molar-refractivity contribution is -0.139. The summed E-state index contributed by atoms with van der Waals surface area (Å²) < 4.78 is 5.29. The Balaban J connectivity index is 1.64. The molecule has 25 heavy (non-hydrogen) atoms. The van der Waals surface area contributed by atoms with E-state index in [2.05, 4.69) is 10.3 Å². The van der Waals surface area contributed by atoms with Crippen LogP contribution in [0.15, 0.2) is 24.5 Å². The molecule has 0 bridgehead atoms. The Hall–Kier alpha value is -1.95. The van der Waals surface area contributed by atoms with E-state index in [1.807, 2.05) is 19.2 Å². The summed E-state index contributed by atoms with van der Waals surface area (Å²) in [5.74, 6) is -0.282. The molecule has 6 nitrogen and oxygen atoms in total. The lowest BCUT2D eigenvalue weighted by atomic mass is 9.96. The van der Waals surface area contributed by atoms with Crippen LogP contribution in [0.4, 0.5) is 0 Å². The number of nitrogens with zero attached hydrogens (tertiary/aromatic N) is 2. The summed E-state index contributed by atoms with van der Waals surface area (Å²) in [5.41, 5.74) is 0.927. The molecule has 1 aromatic heterocycles. The fourth-order valence-corrected chi connectivity index (χ4v) is 3.11. The first kappa shape index (κ1) is 19.4. The molecule has 1 N–H and O–H groups in total. The number of amides is 2. The first-order valence-electron chi connectivity index (χ1n) is 9.16. The number of pyridine rings is 1. The molecule has 0 saturated heterocycles. The Labute approximate surface area is 150 Å². The van der Waals surface area contributed by atoms with E-state index in [1.54, 1.807) is 17.3 Å². The average Bonchev–Trinajstić information content (AvgIpc) is 2.60. The third-order valence-electron chi connectivity index (χ3n) is 4.69. The summed E-state index contributed by atoms with van der Waals surface area (Å²) in [4.78, 5) is 29.8. The minimum absolute atomic E-state index is 0.0483. The van der Waals surface area contributed by atoms with Crippen LogP contribution in [0.25, 0.3) is 0 Å². The summed E-state index contributed by atoms with van der Waals surface area (Å²) in [6, 6.07) is 4.01. The summed E-state index contributed by atoms with van der Waals surface area (Å²) in [5, 5.41) is 2.75. The van der Waals surface area contributed by atoms with Crippen molar-refractivity contribution in [3.8, 4) is 0 Å². The molecule has 1 heterocycles. The van der Waals surface area contributed by atoms with E-state index >= 15 is 0 Å². The van der Waals surface area contributed by atoms with Gasteiger partial charge in [0.05, 0.1) is 0 Å². The van der Waals surface area contributed by atoms with Crippen molar-refractivity contribution in [3.05, 3.63) is 30.1 Å². The van der Waals surface area contributed by atoms with Gasteiger partial charge in [-0.15, -0.1) is 0 Å². The van der Waals surface area contributed by atoms with Crippen LogP contribution in [0.1, 0.15) is 50.5 Å². The van der Waals surface area contributed by atoms with Crippen molar-refractivity contribution in [2.45, 2.75) is 57.5 Å². The van der Waals surface area contributed by atoms with Gasteiger partial charge in [0.2, 0.25) is 11.8 Å². The lowest BCUT2D eigenvalue weighted by Crippen LogP contribution is -2.40. The summed E-state index contributed by atoms with van der Waals surface area (Å²) in [6.07, 6.45) is 11.7. The van der Waals surface area contributed by atoms with E-state index in [4.69, 9.17) is 4.74 Å². The zero-order valence-corrected chi connectivity index (χ0v) is 15.1. The first-order valence-corrected chi connectivity index (χ1v) is 9.16. The van der Waals surface area contributed by atoms with Gasteiger partial charge in [0.1, 0.15) is 13.2 Å². The fraction of sp³-hybridized carbons (Fsp3) is 0.632. The number of hydrogen-bond donors (Lipinski definition) is 1. The number of hydrogen-bond acceptors (Lipinski definition) is 4. The maximum atomic E-state index is 12.3. The number of likely N-dealkylation sites (N-methyl/N-ethyl adjacent to an activating group) is 1. The number of aromatic nitrogens is 1. The molecule has 0 unspecified atom stereocenters. The smallest absolute Gasteiger partial charge is 0.248 e. The van der Waals surface area contributed by atoms with Crippen molar-refractivity contribution >= 4 is 11.8 Å². The van der Waals surface area contributed by atoms with Crippen LogP contribution in [0.5, 0.6) is 0 Å². The number of ether oxygens (including phenoxy) is 1. The van der Waals surface area contributed by atoms with Crippen molar-refractivity contribution in [1.82, 2.24) is 15.2 Å². The molecule has 1 saturated carbocycles. The molecule has 0 aromatic carbocycles. The van der Waals surface area contributed by atoms with Crippen LogP contribution >= 0.6 is 0 Å². The fourth-order valence-electron chi connectivity index (χ4n) is 3.11. The van der Waals surface area contributed by atoms with E-state index < -0.39 is 0 Å². The van der Waals surface area contributed by atoms with Gasteiger partial charge in [-0.2, -0.15) is 0 Å². The van der Waals surface area contributed by atoms with E-state index in [-0.39, 0.29) is 25.0 Å². The second kappa shape index (κ2) is 10.8. The van der Waals surface area contributed by atoms with Gasteiger partial charge in [-0.05, 0) is 24.5 Å². The van der Waals surface area contributed by atoms with Crippen molar-refractivity contribution in [2.75, 3.05) is 20.3 Å². The molecular formula is C19H29N3O3. The quantitative estimate of drug-likeness (QED) is 0.821. The Bertz CT molecular complexity index is 528. The molecule has 0 spiro atoms. The van der Waals surface area contributed by atoms with Crippen LogP contribution < -0.4 is 5.32 Å². The number of carbonyl (C=O) groups excluding carboxylic acids is 2. The number of carbonyl (C=O) groups is 2. The Morgan fingerprint density at radius 2 is 1.92 bits per heavy atom. The van der Waals surface area contributed by atoms with Crippen LogP contribution in [-0.2, 0) is 20.9 Å². The Kier molecular flexibility index (Phi) is 8.39. The molecular weight excluding hydrogens is 318 g/mol. The number of rotatable bonds is 7. The third-order valence-corrected chi connectivity index (χ3v) is 4.69. The zero-order valence-electron chi connectivity index (χ0n) is 15.1. The van der Waals surface area contributed by atoms with Gasteiger partial charge in [0.15, 0.2) is 0 Å². The normalized spacial score (nSPS) is 15.9. The third kappa shape index (κ3) is 7.22. The van der Waals surface area contributed by atoms with E-state index in [1.165, 1.54) is 32.1 Å². The second-order valence-electron chi connectivity index (χ2n) is 6.63. The highest BCUT2D eigenvalue weighted by Crippen LogP contribution is 2.20. The minimum atomic E-state index is -0.231. The predicted molar refractivity (Wildman–Crippen MR) is 95.8 cm³/mol. The van der Waals surface area contributed by atoms with Crippen LogP contribution in [0, 0.1) is 0 Å². The molecule has 2 amide bonds. The van der Waals surface area contributed by atoms with Crippen LogP contribution in [0.2, 0.25) is 0 Å². The molecule has 6 heteroatoms. The van der Waals surface area contributed by atoms with Crippen molar-refractivity contribution in [1.29, 1.82) is 0 Å². The van der Waals surface area contributed by atoms with Gasteiger partial charge < -0.3 is 15.0 Å². The molecule has 0 atom stereocenters. The van der Waals surface area contributed by atoms with Gasteiger partial charge in [-0.25, -0.2) is 0 Å². The zero-order chi connectivity index (χ0) is 17.9. The molecule has 2 rings (SSSR count). The van der Waals surface area contributed by atoms with E-state index in [9.17, 15) is 9.59 Å². The van der Waals surface area contributed by atoms with Crippen LogP contribution in [0.3, 0.4) is 0 Å². The molecule has 138 valence electrons. The average molecular weight is 347 g/mol.